The highest BCUT2D eigenvalue weighted by Gasteiger charge is 2.35. The molecule has 0 radical (unpaired) electrons. The normalized spacial score (nSPS) is 19.3. The summed E-state index contributed by atoms with van der Waals surface area (Å²) in [5.74, 6) is 0.593. The lowest BCUT2D eigenvalue weighted by molar-refractivity contribution is 0.0951. The summed E-state index contributed by atoms with van der Waals surface area (Å²) in [4.78, 5) is 0. The maximum Gasteiger partial charge on any atom is 0.159 e. The summed E-state index contributed by atoms with van der Waals surface area (Å²) in [6.45, 7) is 3.28. The SMILES string of the molecule is CCC1(Cn2cc(Br)c(N)n2)CCC1. The molecule has 0 spiro atoms. The van der Waals surface area contributed by atoms with Crippen LogP contribution in [0.5, 0.6) is 0 Å². The minimum Gasteiger partial charge on any atom is -0.381 e. The van der Waals surface area contributed by atoms with Gasteiger partial charge < -0.3 is 5.73 Å². The highest BCUT2D eigenvalue weighted by atomic mass is 79.9. The fourth-order valence-electron chi connectivity index (χ4n) is 2.14. The first-order valence-corrected chi connectivity index (χ1v) is 5.93. The largest absolute Gasteiger partial charge is 0.381 e. The number of hydrogen-bond acceptors (Lipinski definition) is 2. The first-order chi connectivity index (χ1) is 6.65. The molecule has 0 bridgehead atoms. The minimum absolute atomic E-state index is 0.498. The number of nitrogens with zero attached hydrogens (tertiary/aromatic N) is 2. The van der Waals surface area contributed by atoms with Gasteiger partial charge in [-0.1, -0.05) is 13.3 Å². The van der Waals surface area contributed by atoms with Gasteiger partial charge in [0, 0.05) is 12.7 Å². The Morgan fingerprint density at radius 1 is 1.64 bits per heavy atom. The van der Waals surface area contributed by atoms with Gasteiger partial charge in [0.2, 0.25) is 0 Å². The molecule has 0 aromatic carbocycles. The molecule has 2 N–H and O–H groups in total. The van der Waals surface area contributed by atoms with Crippen molar-refractivity contribution in [3.63, 3.8) is 0 Å². The molecule has 1 aromatic heterocycles. The maximum atomic E-state index is 5.68. The van der Waals surface area contributed by atoms with E-state index in [9.17, 15) is 0 Å². The Kier molecular flexibility index (Phi) is 2.56. The van der Waals surface area contributed by atoms with Crippen LogP contribution in [-0.2, 0) is 6.54 Å². The molecule has 14 heavy (non-hydrogen) atoms. The monoisotopic (exact) mass is 257 g/mol. The molecule has 1 aliphatic carbocycles. The van der Waals surface area contributed by atoms with Crippen molar-refractivity contribution in [2.24, 2.45) is 5.41 Å². The van der Waals surface area contributed by atoms with Crippen molar-refractivity contribution < 1.29 is 0 Å². The van der Waals surface area contributed by atoms with Crippen LogP contribution < -0.4 is 5.73 Å². The Balaban J connectivity index is 2.09. The Morgan fingerprint density at radius 3 is 2.71 bits per heavy atom. The van der Waals surface area contributed by atoms with E-state index in [1.54, 1.807) is 0 Å². The van der Waals surface area contributed by atoms with E-state index in [1.165, 1.54) is 25.7 Å². The van der Waals surface area contributed by atoms with Gasteiger partial charge in [0.25, 0.3) is 0 Å². The second-order valence-electron chi connectivity index (χ2n) is 4.27. The zero-order valence-electron chi connectivity index (χ0n) is 8.46. The highest BCUT2D eigenvalue weighted by molar-refractivity contribution is 9.10. The van der Waals surface area contributed by atoms with Crippen molar-refractivity contribution >= 4 is 21.7 Å². The van der Waals surface area contributed by atoms with Gasteiger partial charge >= 0.3 is 0 Å². The molecule has 1 fully saturated rings. The van der Waals surface area contributed by atoms with Gasteiger partial charge in [0.05, 0.1) is 4.47 Å². The molecular formula is C10H16BrN3. The number of halogens is 1. The van der Waals surface area contributed by atoms with Gasteiger partial charge in [-0.25, -0.2) is 0 Å². The number of anilines is 1. The number of nitrogens with two attached hydrogens (primary N) is 1. The third-order valence-corrected chi connectivity index (χ3v) is 4.02. The molecule has 0 unspecified atom stereocenters. The van der Waals surface area contributed by atoms with Crippen molar-refractivity contribution in [1.82, 2.24) is 9.78 Å². The molecule has 1 aromatic rings. The molecule has 2 rings (SSSR count). The molecule has 78 valence electrons. The predicted octanol–water partition coefficient (Wildman–Crippen LogP) is 2.81. The van der Waals surface area contributed by atoms with E-state index in [4.69, 9.17) is 5.73 Å². The smallest absolute Gasteiger partial charge is 0.159 e. The lowest BCUT2D eigenvalue weighted by Crippen LogP contribution is -2.33. The lowest BCUT2D eigenvalue weighted by Gasteiger charge is -2.41. The van der Waals surface area contributed by atoms with Gasteiger partial charge in [0.15, 0.2) is 5.82 Å². The molecule has 1 saturated carbocycles. The fraction of sp³-hybridized carbons (Fsp3) is 0.700. The van der Waals surface area contributed by atoms with Crippen LogP contribution in [0.4, 0.5) is 5.82 Å². The number of aromatic nitrogens is 2. The zero-order chi connectivity index (χ0) is 10.2. The standard InChI is InChI=1S/C10H16BrN3/c1-2-10(4-3-5-10)7-14-6-8(11)9(12)13-14/h6H,2-5,7H2,1H3,(H2,12,13). The Labute approximate surface area is 92.8 Å². The van der Waals surface area contributed by atoms with E-state index >= 15 is 0 Å². The first-order valence-electron chi connectivity index (χ1n) is 5.14. The predicted molar refractivity (Wildman–Crippen MR) is 60.9 cm³/mol. The molecule has 3 nitrogen and oxygen atoms in total. The first kappa shape index (κ1) is 10.0. The van der Waals surface area contributed by atoms with E-state index in [2.05, 4.69) is 28.0 Å². The summed E-state index contributed by atoms with van der Waals surface area (Å²) in [7, 11) is 0. The topological polar surface area (TPSA) is 43.8 Å². The minimum atomic E-state index is 0.498. The fourth-order valence-corrected chi connectivity index (χ4v) is 2.45. The van der Waals surface area contributed by atoms with E-state index in [1.807, 2.05) is 10.9 Å². The lowest BCUT2D eigenvalue weighted by atomic mass is 9.67. The van der Waals surface area contributed by atoms with Gasteiger partial charge in [-0.3, -0.25) is 4.68 Å². The second-order valence-corrected chi connectivity index (χ2v) is 5.12. The molecule has 4 heteroatoms. The van der Waals surface area contributed by atoms with Crippen LogP contribution in [0.3, 0.4) is 0 Å². The average molecular weight is 258 g/mol. The second kappa shape index (κ2) is 3.57. The van der Waals surface area contributed by atoms with Crippen molar-refractivity contribution in [2.45, 2.75) is 39.2 Å². The van der Waals surface area contributed by atoms with E-state index in [0.717, 1.165) is 11.0 Å². The van der Waals surface area contributed by atoms with Crippen LogP contribution in [0.2, 0.25) is 0 Å². The van der Waals surface area contributed by atoms with Gasteiger partial charge in [-0.05, 0) is 40.6 Å². The number of rotatable bonds is 3. The molecule has 1 aliphatic rings. The van der Waals surface area contributed by atoms with Crippen LogP contribution in [0.1, 0.15) is 32.6 Å². The number of nitrogen functional groups attached to an aromatic ring is 1. The van der Waals surface area contributed by atoms with E-state index < -0.39 is 0 Å². The average Bonchev–Trinajstić information content (AvgIpc) is 2.39. The van der Waals surface area contributed by atoms with Crippen molar-refractivity contribution in [1.29, 1.82) is 0 Å². The molecule has 0 atom stereocenters. The Morgan fingerprint density at radius 2 is 2.36 bits per heavy atom. The molecule has 0 aliphatic heterocycles. The highest BCUT2D eigenvalue weighted by Crippen LogP contribution is 2.45. The zero-order valence-corrected chi connectivity index (χ0v) is 10.0. The van der Waals surface area contributed by atoms with E-state index in [-0.39, 0.29) is 0 Å². The maximum absolute atomic E-state index is 5.68. The van der Waals surface area contributed by atoms with Crippen LogP contribution in [0.15, 0.2) is 10.7 Å². The van der Waals surface area contributed by atoms with Gasteiger partial charge in [-0.15, -0.1) is 0 Å². The molecule has 1 heterocycles. The van der Waals surface area contributed by atoms with Gasteiger partial charge in [-0.2, -0.15) is 5.10 Å². The van der Waals surface area contributed by atoms with Crippen LogP contribution in [0, 0.1) is 5.41 Å². The van der Waals surface area contributed by atoms with Crippen molar-refractivity contribution in [3.05, 3.63) is 10.7 Å². The number of hydrogen-bond donors (Lipinski definition) is 1. The van der Waals surface area contributed by atoms with E-state index in [0.29, 0.717) is 11.2 Å². The van der Waals surface area contributed by atoms with Crippen LogP contribution in [0.25, 0.3) is 0 Å². The molecule has 0 saturated heterocycles. The third-order valence-electron chi connectivity index (χ3n) is 3.40. The summed E-state index contributed by atoms with van der Waals surface area (Å²) in [6.07, 6.45) is 7.25. The molecule has 0 amide bonds. The Hall–Kier alpha value is -0.510. The van der Waals surface area contributed by atoms with Gasteiger partial charge in [0.1, 0.15) is 0 Å². The van der Waals surface area contributed by atoms with Crippen molar-refractivity contribution in [3.8, 4) is 0 Å². The summed E-state index contributed by atoms with van der Waals surface area (Å²) in [5.41, 5.74) is 6.18. The summed E-state index contributed by atoms with van der Waals surface area (Å²) >= 11 is 3.38. The summed E-state index contributed by atoms with van der Waals surface area (Å²) in [5, 5.41) is 4.27. The quantitative estimate of drug-likeness (QED) is 0.905. The molecular weight excluding hydrogens is 242 g/mol. The van der Waals surface area contributed by atoms with Crippen LogP contribution in [-0.4, -0.2) is 9.78 Å². The van der Waals surface area contributed by atoms with Crippen LogP contribution >= 0.6 is 15.9 Å². The summed E-state index contributed by atoms with van der Waals surface area (Å²) < 4.78 is 2.88. The summed E-state index contributed by atoms with van der Waals surface area (Å²) in [6, 6.07) is 0. The Bertz CT molecular complexity index is 303. The van der Waals surface area contributed by atoms with Crippen molar-refractivity contribution in [2.75, 3.05) is 5.73 Å². The third kappa shape index (κ3) is 1.67.